The zero-order chi connectivity index (χ0) is 14.4. The fourth-order valence-corrected chi connectivity index (χ4v) is 2.77. The summed E-state index contributed by atoms with van der Waals surface area (Å²) in [6.07, 6.45) is 3.62. The summed E-state index contributed by atoms with van der Waals surface area (Å²) in [7, 11) is 0. The summed E-state index contributed by atoms with van der Waals surface area (Å²) >= 11 is 0. The maximum Gasteiger partial charge on any atom is 0.306 e. The second kappa shape index (κ2) is 7.08. The molecule has 20 heavy (non-hydrogen) atoms. The molecule has 0 bridgehead atoms. The van der Waals surface area contributed by atoms with E-state index in [2.05, 4.69) is 5.32 Å². The largest absolute Gasteiger partial charge is 0.481 e. The van der Waals surface area contributed by atoms with Gasteiger partial charge in [-0.05, 0) is 31.2 Å². The Morgan fingerprint density at radius 1 is 1.15 bits per heavy atom. The molecule has 4 heteroatoms. The molecule has 0 saturated heterocycles. The van der Waals surface area contributed by atoms with Crippen LogP contribution in [-0.4, -0.2) is 23.5 Å². The summed E-state index contributed by atoms with van der Waals surface area (Å²) in [5.74, 6) is -1.26. The van der Waals surface area contributed by atoms with Crippen LogP contribution in [0.1, 0.15) is 31.2 Å². The van der Waals surface area contributed by atoms with Gasteiger partial charge in [-0.3, -0.25) is 9.59 Å². The van der Waals surface area contributed by atoms with Crippen LogP contribution >= 0.6 is 0 Å². The van der Waals surface area contributed by atoms with E-state index in [1.165, 1.54) is 5.56 Å². The van der Waals surface area contributed by atoms with E-state index < -0.39 is 5.97 Å². The Morgan fingerprint density at radius 3 is 2.55 bits per heavy atom. The van der Waals surface area contributed by atoms with Gasteiger partial charge in [0.05, 0.1) is 5.92 Å². The first-order valence-corrected chi connectivity index (χ1v) is 7.21. The minimum Gasteiger partial charge on any atom is -0.481 e. The summed E-state index contributed by atoms with van der Waals surface area (Å²) in [6.45, 7) is 0.608. The maximum absolute atomic E-state index is 12.1. The lowest BCUT2D eigenvalue weighted by Crippen LogP contribution is -2.36. The second-order valence-electron chi connectivity index (χ2n) is 5.43. The third kappa shape index (κ3) is 4.08. The van der Waals surface area contributed by atoms with Gasteiger partial charge in [-0.15, -0.1) is 0 Å². The SMILES string of the molecule is O=C(O)C1CCCC(C(=O)NCCc2ccccc2)C1. The molecule has 0 heterocycles. The van der Waals surface area contributed by atoms with E-state index in [0.29, 0.717) is 19.4 Å². The highest BCUT2D eigenvalue weighted by Crippen LogP contribution is 2.29. The highest BCUT2D eigenvalue weighted by atomic mass is 16.4. The number of amides is 1. The number of nitrogens with one attached hydrogen (secondary N) is 1. The van der Waals surface area contributed by atoms with E-state index in [0.717, 1.165) is 19.3 Å². The molecule has 1 fully saturated rings. The Kier molecular flexibility index (Phi) is 5.16. The molecule has 2 atom stereocenters. The van der Waals surface area contributed by atoms with Crippen molar-refractivity contribution in [3.8, 4) is 0 Å². The number of carbonyl (C=O) groups is 2. The quantitative estimate of drug-likeness (QED) is 0.866. The molecule has 0 aliphatic heterocycles. The Bertz CT molecular complexity index is 458. The predicted octanol–water partition coefficient (Wildman–Crippen LogP) is 2.24. The number of rotatable bonds is 5. The Morgan fingerprint density at radius 2 is 1.85 bits per heavy atom. The maximum atomic E-state index is 12.1. The van der Waals surface area contributed by atoms with Crippen molar-refractivity contribution in [2.75, 3.05) is 6.54 Å². The van der Waals surface area contributed by atoms with Crippen molar-refractivity contribution in [2.24, 2.45) is 11.8 Å². The van der Waals surface area contributed by atoms with E-state index in [-0.39, 0.29) is 17.7 Å². The Labute approximate surface area is 119 Å². The van der Waals surface area contributed by atoms with Gasteiger partial charge < -0.3 is 10.4 Å². The number of hydrogen-bond donors (Lipinski definition) is 2. The molecule has 1 amide bonds. The zero-order valence-corrected chi connectivity index (χ0v) is 11.5. The normalized spacial score (nSPS) is 22.2. The highest BCUT2D eigenvalue weighted by molar-refractivity contribution is 5.80. The fourth-order valence-electron chi connectivity index (χ4n) is 2.77. The third-order valence-corrected chi connectivity index (χ3v) is 3.95. The van der Waals surface area contributed by atoms with Crippen LogP contribution < -0.4 is 5.32 Å². The number of aliphatic carboxylic acids is 1. The molecule has 1 aliphatic rings. The van der Waals surface area contributed by atoms with Gasteiger partial charge in [0.15, 0.2) is 0 Å². The van der Waals surface area contributed by atoms with E-state index in [1.807, 2.05) is 30.3 Å². The van der Waals surface area contributed by atoms with Crippen LogP contribution in [0.25, 0.3) is 0 Å². The molecule has 1 aromatic rings. The molecule has 0 radical (unpaired) electrons. The summed E-state index contributed by atoms with van der Waals surface area (Å²) in [5.41, 5.74) is 1.19. The molecule has 0 spiro atoms. The Balaban J connectivity index is 1.75. The number of carboxylic acids is 1. The molecule has 2 rings (SSSR count). The number of benzene rings is 1. The highest BCUT2D eigenvalue weighted by Gasteiger charge is 2.30. The van der Waals surface area contributed by atoms with E-state index in [4.69, 9.17) is 5.11 Å². The monoisotopic (exact) mass is 275 g/mol. The molecule has 2 N–H and O–H groups in total. The summed E-state index contributed by atoms with van der Waals surface area (Å²) < 4.78 is 0. The van der Waals surface area contributed by atoms with E-state index in [9.17, 15) is 9.59 Å². The fraction of sp³-hybridized carbons (Fsp3) is 0.500. The summed E-state index contributed by atoms with van der Waals surface area (Å²) in [4.78, 5) is 23.0. The van der Waals surface area contributed by atoms with Gasteiger partial charge in [0.25, 0.3) is 0 Å². The summed E-state index contributed by atoms with van der Waals surface area (Å²) in [5, 5.41) is 12.0. The van der Waals surface area contributed by atoms with Crippen molar-refractivity contribution in [1.82, 2.24) is 5.32 Å². The molecule has 1 aromatic carbocycles. The van der Waals surface area contributed by atoms with Gasteiger partial charge in [-0.2, -0.15) is 0 Å². The zero-order valence-electron chi connectivity index (χ0n) is 11.5. The molecule has 0 aromatic heterocycles. The molecule has 1 saturated carbocycles. The van der Waals surface area contributed by atoms with Crippen molar-refractivity contribution in [3.05, 3.63) is 35.9 Å². The van der Waals surface area contributed by atoms with Gasteiger partial charge in [0.1, 0.15) is 0 Å². The van der Waals surface area contributed by atoms with Gasteiger partial charge in [-0.25, -0.2) is 0 Å². The molecular formula is C16H21NO3. The van der Waals surface area contributed by atoms with E-state index >= 15 is 0 Å². The summed E-state index contributed by atoms with van der Waals surface area (Å²) in [6, 6.07) is 10.0. The van der Waals surface area contributed by atoms with Gasteiger partial charge in [0, 0.05) is 12.5 Å². The molecule has 4 nitrogen and oxygen atoms in total. The minimum absolute atomic E-state index is 0.00637. The van der Waals surface area contributed by atoms with Crippen LogP contribution in [0.2, 0.25) is 0 Å². The first-order valence-electron chi connectivity index (χ1n) is 7.21. The first-order chi connectivity index (χ1) is 9.66. The topological polar surface area (TPSA) is 66.4 Å². The Hall–Kier alpha value is -1.84. The standard InChI is InChI=1S/C16H21NO3/c18-15(13-7-4-8-14(11-13)16(19)20)17-10-9-12-5-2-1-3-6-12/h1-3,5-6,13-14H,4,7-11H2,(H,17,18)(H,19,20). The molecule has 108 valence electrons. The van der Waals surface area contributed by atoms with E-state index in [1.54, 1.807) is 0 Å². The first kappa shape index (κ1) is 14.6. The number of carbonyl (C=O) groups excluding carboxylic acids is 1. The average Bonchev–Trinajstić information content (AvgIpc) is 2.48. The lowest BCUT2D eigenvalue weighted by molar-refractivity contribution is -0.144. The smallest absolute Gasteiger partial charge is 0.306 e. The van der Waals surface area contributed by atoms with Crippen LogP contribution in [0.3, 0.4) is 0 Å². The average molecular weight is 275 g/mol. The van der Waals surface area contributed by atoms with Crippen LogP contribution in [0.4, 0.5) is 0 Å². The van der Waals surface area contributed by atoms with Crippen molar-refractivity contribution >= 4 is 11.9 Å². The number of hydrogen-bond acceptors (Lipinski definition) is 2. The van der Waals surface area contributed by atoms with Crippen LogP contribution in [-0.2, 0) is 16.0 Å². The van der Waals surface area contributed by atoms with Gasteiger partial charge >= 0.3 is 5.97 Å². The van der Waals surface area contributed by atoms with Crippen molar-refractivity contribution in [2.45, 2.75) is 32.1 Å². The van der Waals surface area contributed by atoms with Crippen LogP contribution in [0.5, 0.6) is 0 Å². The molecule has 1 aliphatic carbocycles. The third-order valence-electron chi connectivity index (χ3n) is 3.95. The molecular weight excluding hydrogens is 254 g/mol. The van der Waals surface area contributed by atoms with Gasteiger partial charge in [0.2, 0.25) is 5.91 Å². The van der Waals surface area contributed by atoms with Crippen molar-refractivity contribution in [3.63, 3.8) is 0 Å². The molecule has 2 unspecified atom stereocenters. The number of carboxylic acid groups (broad SMARTS) is 1. The minimum atomic E-state index is -0.771. The lowest BCUT2D eigenvalue weighted by atomic mass is 9.81. The van der Waals surface area contributed by atoms with Crippen molar-refractivity contribution < 1.29 is 14.7 Å². The second-order valence-corrected chi connectivity index (χ2v) is 5.43. The van der Waals surface area contributed by atoms with Gasteiger partial charge in [-0.1, -0.05) is 36.8 Å². The predicted molar refractivity (Wildman–Crippen MR) is 76.2 cm³/mol. The van der Waals surface area contributed by atoms with Crippen LogP contribution in [0.15, 0.2) is 30.3 Å². The van der Waals surface area contributed by atoms with Crippen molar-refractivity contribution in [1.29, 1.82) is 0 Å². The van der Waals surface area contributed by atoms with Crippen LogP contribution in [0, 0.1) is 11.8 Å². The lowest BCUT2D eigenvalue weighted by Gasteiger charge is -2.25.